The molecule has 0 unspecified atom stereocenters. The van der Waals surface area contributed by atoms with E-state index in [1.807, 2.05) is 30.3 Å². The molecule has 1 atom stereocenters. The first-order chi connectivity index (χ1) is 11.2. The van der Waals surface area contributed by atoms with E-state index in [2.05, 4.69) is 36.4 Å². The fourth-order valence-corrected chi connectivity index (χ4v) is 3.18. The highest BCUT2D eigenvalue weighted by Gasteiger charge is 2.26. The van der Waals surface area contributed by atoms with Gasteiger partial charge in [0.05, 0.1) is 11.8 Å². The maximum Gasteiger partial charge on any atom is 0.123 e. The van der Waals surface area contributed by atoms with Crippen LogP contribution >= 0.6 is 0 Å². The van der Waals surface area contributed by atoms with Crippen LogP contribution in [0.2, 0.25) is 0 Å². The van der Waals surface area contributed by atoms with Gasteiger partial charge in [-0.1, -0.05) is 48.5 Å². The normalized spacial score (nSPS) is 17.6. The van der Waals surface area contributed by atoms with Crippen molar-refractivity contribution < 1.29 is 4.39 Å². The highest BCUT2D eigenvalue weighted by atomic mass is 19.1. The zero-order chi connectivity index (χ0) is 15.8. The van der Waals surface area contributed by atoms with Gasteiger partial charge in [-0.3, -0.25) is 5.01 Å². The monoisotopic (exact) mass is 304 g/mol. The molecule has 1 heterocycles. The molecule has 0 aromatic heterocycles. The summed E-state index contributed by atoms with van der Waals surface area (Å²) in [6.45, 7) is 0. The Morgan fingerprint density at radius 1 is 0.957 bits per heavy atom. The van der Waals surface area contributed by atoms with Crippen molar-refractivity contribution in [1.29, 1.82) is 0 Å². The van der Waals surface area contributed by atoms with E-state index >= 15 is 0 Å². The van der Waals surface area contributed by atoms with E-state index < -0.39 is 0 Å². The van der Waals surface area contributed by atoms with Crippen molar-refractivity contribution in [1.82, 2.24) is 5.01 Å². The SMILES string of the molecule is CN1N=C(c2ccc3ccccc3c2)C[C@@H]1c1ccc(F)cc1. The molecular weight excluding hydrogens is 287 g/mol. The number of hydrazone groups is 1. The maximum atomic E-state index is 13.1. The molecule has 0 N–H and O–H groups in total. The lowest BCUT2D eigenvalue weighted by Gasteiger charge is -2.18. The van der Waals surface area contributed by atoms with Gasteiger partial charge in [0.2, 0.25) is 0 Å². The van der Waals surface area contributed by atoms with E-state index in [0.29, 0.717) is 0 Å². The van der Waals surface area contributed by atoms with E-state index in [1.54, 1.807) is 0 Å². The molecule has 114 valence electrons. The third-order valence-corrected chi connectivity index (χ3v) is 4.45. The second kappa shape index (κ2) is 5.51. The van der Waals surface area contributed by atoms with Crippen LogP contribution in [0.1, 0.15) is 23.6 Å². The number of benzene rings is 3. The van der Waals surface area contributed by atoms with Crippen molar-refractivity contribution >= 4 is 16.5 Å². The molecule has 0 spiro atoms. The third-order valence-electron chi connectivity index (χ3n) is 4.45. The van der Waals surface area contributed by atoms with Crippen LogP contribution in [0.25, 0.3) is 10.8 Å². The minimum absolute atomic E-state index is 0.164. The molecule has 0 radical (unpaired) electrons. The summed E-state index contributed by atoms with van der Waals surface area (Å²) in [5, 5.41) is 9.13. The minimum atomic E-state index is -0.204. The van der Waals surface area contributed by atoms with Crippen molar-refractivity contribution in [3.63, 3.8) is 0 Å². The summed E-state index contributed by atoms with van der Waals surface area (Å²) in [4.78, 5) is 0. The Morgan fingerprint density at radius 2 is 1.70 bits per heavy atom. The molecule has 1 aliphatic heterocycles. The first-order valence-electron chi connectivity index (χ1n) is 7.76. The van der Waals surface area contributed by atoms with Crippen LogP contribution in [-0.2, 0) is 0 Å². The van der Waals surface area contributed by atoms with Gasteiger partial charge in [-0.15, -0.1) is 0 Å². The molecule has 3 aromatic rings. The summed E-state index contributed by atoms with van der Waals surface area (Å²) in [5.74, 6) is -0.204. The Bertz CT molecular complexity index is 884. The first kappa shape index (κ1) is 13.9. The van der Waals surface area contributed by atoms with Gasteiger partial charge in [0.25, 0.3) is 0 Å². The quantitative estimate of drug-likeness (QED) is 0.666. The molecule has 0 saturated heterocycles. The lowest BCUT2D eigenvalue weighted by Crippen LogP contribution is -2.13. The molecular formula is C20H17FN2. The molecule has 4 rings (SSSR count). The second-order valence-electron chi connectivity index (χ2n) is 5.95. The fourth-order valence-electron chi connectivity index (χ4n) is 3.18. The zero-order valence-electron chi connectivity index (χ0n) is 12.9. The molecule has 0 saturated carbocycles. The molecule has 0 aliphatic carbocycles. The van der Waals surface area contributed by atoms with Crippen LogP contribution in [0.15, 0.2) is 71.8 Å². The first-order valence-corrected chi connectivity index (χ1v) is 7.76. The predicted octanol–water partition coefficient (Wildman–Crippen LogP) is 4.76. The average molecular weight is 304 g/mol. The molecule has 3 aromatic carbocycles. The highest BCUT2D eigenvalue weighted by molar-refractivity contribution is 6.04. The summed E-state index contributed by atoms with van der Waals surface area (Å²) in [5.41, 5.74) is 3.32. The van der Waals surface area contributed by atoms with Crippen LogP contribution < -0.4 is 0 Å². The van der Waals surface area contributed by atoms with Crippen molar-refractivity contribution in [2.75, 3.05) is 7.05 Å². The van der Waals surface area contributed by atoms with Gasteiger partial charge in [-0.05, 0) is 40.1 Å². The molecule has 0 amide bonds. The van der Waals surface area contributed by atoms with Gasteiger partial charge >= 0.3 is 0 Å². The predicted molar refractivity (Wildman–Crippen MR) is 92.0 cm³/mol. The smallest absolute Gasteiger partial charge is 0.123 e. The van der Waals surface area contributed by atoms with Crippen LogP contribution in [0.3, 0.4) is 0 Å². The number of hydrogen-bond donors (Lipinski definition) is 0. The van der Waals surface area contributed by atoms with Gasteiger partial charge in [0.1, 0.15) is 5.82 Å². The maximum absolute atomic E-state index is 13.1. The summed E-state index contributed by atoms with van der Waals surface area (Å²) in [6, 6.07) is 21.7. The van der Waals surface area contributed by atoms with Gasteiger partial charge in [-0.25, -0.2) is 4.39 Å². The van der Waals surface area contributed by atoms with Crippen LogP contribution in [0.4, 0.5) is 4.39 Å². The number of halogens is 1. The second-order valence-corrected chi connectivity index (χ2v) is 5.95. The molecule has 0 bridgehead atoms. The highest BCUT2D eigenvalue weighted by Crippen LogP contribution is 2.32. The lowest BCUT2D eigenvalue weighted by atomic mass is 9.97. The van der Waals surface area contributed by atoms with Crippen molar-refractivity contribution in [3.8, 4) is 0 Å². The summed E-state index contributed by atoms with van der Waals surface area (Å²) in [6.07, 6.45) is 0.834. The summed E-state index contributed by atoms with van der Waals surface area (Å²) >= 11 is 0. The number of rotatable bonds is 2. The van der Waals surface area contributed by atoms with Gasteiger partial charge in [-0.2, -0.15) is 5.10 Å². The van der Waals surface area contributed by atoms with E-state index in [0.717, 1.165) is 23.3 Å². The standard InChI is InChI=1S/C20H17FN2/c1-23-20(15-8-10-18(21)11-9-15)13-19(22-23)17-7-6-14-4-2-3-5-16(14)12-17/h2-12,20H,13H2,1H3/t20-/m1/s1. The Balaban J connectivity index is 1.64. The number of nitrogens with zero attached hydrogens (tertiary/aromatic N) is 2. The topological polar surface area (TPSA) is 15.6 Å². The van der Waals surface area contributed by atoms with Crippen LogP contribution in [0.5, 0.6) is 0 Å². The van der Waals surface area contributed by atoms with E-state index in [4.69, 9.17) is 5.10 Å². The largest absolute Gasteiger partial charge is 0.292 e. The Hall–Kier alpha value is -2.68. The molecule has 0 fully saturated rings. The lowest BCUT2D eigenvalue weighted by molar-refractivity contribution is 0.289. The third kappa shape index (κ3) is 2.59. The zero-order valence-corrected chi connectivity index (χ0v) is 12.9. The van der Waals surface area contributed by atoms with Gasteiger partial charge in [0, 0.05) is 13.5 Å². The number of fused-ring (bicyclic) bond motifs is 1. The van der Waals surface area contributed by atoms with Gasteiger partial charge in [0.15, 0.2) is 0 Å². The average Bonchev–Trinajstić information content (AvgIpc) is 2.97. The Labute approximate surface area is 134 Å². The van der Waals surface area contributed by atoms with Crippen molar-refractivity contribution in [2.24, 2.45) is 5.10 Å². The van der Waals surface area contributed by atoms with Crippen molar-refractivity contribution in [2.45, 2.75) is 12.5 Å². The summed E-state index contributed by atoms with van der Waals surface area (Å²) < 4.78 is 13.1. The van der Waals surface area contributed by atoms with Gasteiger partial charge < -0.3 is 0 Å². The van der Waals surface area contributed by atoms with E-state index in [-0.39, 0.29) is 11.9 Å². The fraction of sp³-hybridized carbons (Fsp3) is 0.150. The molecule has 23 heavy (non-hydrogen) atoms. The summed E-state index contributed by atoms with van der Waals surface area (Å²) in [7, 11) is 1.97. The number of hydrogen-bond acceptors (Lipinski definition) is 2. The Morgan fingerprint density at radius 3 is 2.48 bits per heavy atom. The van der Waals surface area contributed by atoms with E-state index in [1.165, 1.54) is 22.9 Å². The molecule has 2 nitrogen and oxygen atoms in total. The van der Waals surface area contributed by atoms with Crippen LogP contribution in [-0.4, -0.2) is 17.8 Å². The molecule has 3 heteroatoms. The van der Waals surface area contributed by atoms with Crippen LogP contribution in [0, 0.1) is 5.82 Å². The van der Waals surface area contributed by atoms with Crippen molar-refractivity contribution in [3.05, 3.63) is 83.7 Å². The minimum Gasteiger partial charge on any atom is -0.292 e. The Kier molecular flexibility index (Phi) is 3.34. The molecule has 1 aliphatic rings. The van der Waals surface area contributed by atoms with E-state index in [9.17, 15) is 4.39 Å².